The lowest BCUT2D eigenvalue weighted by atomic mass is 9.98. The van der Waals surface area contributed by atoms with Crippen LogP contribution in [0.3, 0.4) is 0 Å². The summed E-state index contributed by atoms with van der Waals surface area (Å²) in [5.41, 5.74) is 3.48. The molecule has 2 heterocycles. The molecule has 2 aromatic rings. The molecule has 0 spiro atoms. The van der Waals surface area contributed by atoms with E-state index >= 15 is 0 Å². The van der Waals surface area contributed by atoms with Gasteiger partial charge in [-0.05, 0) is 69.8 Å². The van der Waals surface area contributed by atoms with E-state index in [1.807, 2.05) is 13.8 Å². The number of methoxy groups -OCH3 is 1. The summed E-state index contributed by atoms with van der Waals surface area (Å²) in [6.45, 7) is 4.92. The molecule has 0 aliphatic carbocycles. The summed E-state index contributed by atoms with van der Waals surface area (Å²) in [7, 11) is 1.68. The number of nitrogens with zero attached hydrogens (tertiary/aromatic N) is 2. The van der Waals surface area contributed by atoms with Crippen LogP contribution in [0.4, 0.5) is 0 Å². The topological polar surface area (TPSA) is 36.3 Å². The highest BCUT2D eigenvalue weighted by Crippen LogP contribution is 2.42. The van der Waals surface area contributed by atoms with Gasteiger partial charge in [0.25, 0.3) is 0 Å². The zero-order valence-electron chi connectivity index (χ0n) is 12.1. The Kier molecular flexibility index (Phi) is 4.01. The van der Waals surface area contributed by atoms with Crippen molar-refractivity contribution in [3.63, 3.8) is 0 Å². The maximum absolute atomic E-state index is 5.88. The van der Waals surface area contributed by atoms with E-state index in [1.165, 1.54) is 5.56 Å². The van der Waals surface area contributed by atoms with Crippen LogP contribution in [-0.2, 0) is 13.0 Å². The highest BCUT2D eigenvalue weighted by atomic mass is 79.9. The molecule has 4 nitrogen and oxygen atoms in total. The van der Waals surface area contributed by atoms with Gasteiger partial charge in [0.05, 0.1) is 18.9 Å². The molecular weight excluding hydrogens is 400 g/mol. The van der Waals surface area contributed by atoms with Gasteiger partial charge in [-0.3, -0.25) is 0 Å². The van der Waals surface area contributed by atoms with Crippen LogP contribution >= 0.6 is 31.9 Å². The Labute approximate surface area is 140 Å². The lowest BCUT2D eigenvalue weighted by molar-refractivity contribution is 0.230. The number of hydrogen-bond acceptors (Lipinski definition) is 3. The number of fused-ring (bicyclic) bond motifs is 3. The van der Waals surface area contributed by atoms with Gasteiger partial charge in [-0.1, -0.05) is 0 Å². The minimum absolute atomic E-state index is 0.0978. The Bertz CT molecular complexity index is 695. The van der Waals surface area contributed by atoms with E-state index in [0.717, 1.165) is 45.1 Å². The van der Waals surface area contributed by atoms with Gasteiger partial charge >= 0.3 is 0 Å². The molecule has 6 heteroatoms. The first-order valence-electron chi connectivity index (χ1n) is 6.80. The van der Waals surface area contributed by atoms with Gasteiger partial charge in [0.2, 0.25) is 0 Å². The van der Waals surface area contributed by atoms with Crippen molar-refractivity contribution in [3.05, 3.63) is 27.0 Å². The van der Waals surface area contributed by atoms with Crippen molar-refractivity contribution in [1.82, 2.24) is 9.55 Å². The second kappa shape index (κ2) is 5.65. The van der Waals surface area contributed by atoms with Crippen molar-refractivity contribution in [2.45, 2.75) is 32.9 Å². The van der Waals surface area contributed by atoms with Gasteiger partial charge < -0.3 is 14.0 Å². The van der Waals surface area contributed by atoms with E-state index in [2.05, 4.69) is 53.5 Å². The molecule has 1 aromatic heterocycles. The van der Waals surface area contributed by atoms with Crippen LogP contribution in [0.15, 0.2) is 21.5 Å². The van der Waals surface area contributed by atoms with Crippen molar-refractivity contribution < 1.29 is 9.47 Å². The largest absolute Gasteiger partial charge is 0.493 e. The van der Waals surface area contributed by atoms with Crippen molar-refractivity contribution in [3.8, 4) is 22.8 Å². The number of ether oxygens (including phenoxy) is 2. The van der Waals surface area contributed by atoms with Gasteiger partial charge in [-0.25, -0.2) is 4.98 Å². The zero-order chi connectivity index (χ0) is 15.1. The van der Waals surface area contributed by atoms with E-state index in [4.69, 9.17) is 9.47 Å². The van der Waals surface area contributed by atoms with Gasteiger partial charge in [-0.15, -0.1) is 0 Å². The monoisotopic (exact) mass is 414 g/mol. The maximum Gasteiger partial charge on any atom is 0.178 e. The third kappa shape index (κ3) is 2.59. The summed E-state index contributed by atoms with van der Waals surface area (Å²) < 4.78 is 15.2. The Morgan fingerprint density at radius 3 is 2.67 bits per heavy atom. The number of benzene rings is 1. The average molecular weight is 416 g/mol. The third-order valence-electron chi connectivity index (χ3n) is 3.49. The van der Waals surface area contributed by atoms with Gasteiger partial charge in [0, 0.05) is 12.1 Å². The van der Waals surface area contributed by atoms with Crippen molar-refractivity contribution >= 4 is 31.9 Å². The van der Waals surface area contributed by atoms with Crippen LogP contribution in [-0.4, -0.2) is 22.8 Å². The standard InChI is InChI=1S/C15H16Br2N2O2/c1-8(2)21-12-7-10-9(6-11(12)20-3)4-5-19-13(10)14(16)18-15(19)17/h6-8H,4-5H2,1-3H3. The molecule has 0 saturated carbocycles. The number of hydrogen-bond donors (Lipinski definition) is 0. The molecule has 0 unspecified atom stereocenters. The van der Waals surface area contributed by atoms with E-state index in [-0.39, 0.29) is 6.10 Å². The predicted octanol–water partition coefficient (Wildman–Crippen LogP) is 4.43. The second-order valence-electron chi connectivity index (χ2n) is 5.25. The summed E-state index contributed by atoms with van der Waals surface area (Å²) in [6.07, 6.45) is 1.04. The first-order valence-corrected chi connectivity index (χ1v) is 8.39. The van der Waals surface area contributed by atoms with Gasteiger partial charge in [0.1, 0.15) is 4.60 Å². The molecule has 0 amide bonds. The lowest BCUT2D eigenvalue weighted by Gasteiger charge is -2.22. The second-order valence-corrected chi connectivity index (χ2v) is 6.71. The van der Waals surface area contributed by atoms with Gasteiger partial charge in [0.15, 0.2) is 16.2 Å². The third-order valence-corrected chi connectivity index (χ3v) is 4.65. The molecule has 3 rings (SSSR count). The highest BCUT2D eigenvalue weighted by Gasteiger charge is 2.25. The number of aryl methyl sites for hydroxylation is 1. The molecule has 0 N–H and O–H groups in total. The molecule has 112 valence electrons. The fraction of sp³-hybridized carbons (Fsp3) is 0.400. The first kappa shape index (κ1) is 14.9. The summed E-state index contributed by atoms with van der Waals surface area (Å²) in [5, 5.41) is 0. The fourth-order valence-electron chi connectivity index (χ4n) is 2.63. The summed E-state index contributed by atoms with van der Waals surface area (Å²) in [4.78, 5) is 4.45. The Morgan fingerprint density at radius 2 is 2.00 bits per heavy atom. The minimum atomic E-state index is 0.0978. The molecular formula is C15H16Br2N2O2. The highest BCUT2D eigenvalue weighted by molar-refractivity contribution is 9.11. The molecule has 0 fully saturated rings. The quantitative estimate of drug-likeness (QED) is 0.743. The average Bonchev–Trinajstić information content (AvgIpc) is 2.72. The number of aromatic nitrogens is 2. The summed E-state index contributed by atoms with van der Waals surface area (Å²) >= 11 is 7.06. The van der Waals surface area contributed by atoms with Crippen LogP contribution < -0.4 is 9.47 Å². The molecule has 1 aromatic carbocycles. The number of halogens is 2. The summed E-state index contributed by atoms with van der Waals surface area (Å²) in [6, 6.07) is 4.13. The SMILES string of the molecule is COc1cc2c(cc1OC(C)C)-c1c(Br)nc(Br)n1CC2. The molecule has 0 bridgehead atoms. The maximum atomic E-state index is 5.88. The minimum Gasteiger partial charge on any atom is -0.493 e. The van der Waals surface area contributed by atoms with Crippen LogP contribution in [0.5, 0.6) is 11.5 Å². The van der Waals surface area contributed by atoms with E-state index < -0.39 is 0 Å². The number of imidazole rings is 1. The van der Waals surface area contributed by atoms with E-state index in [0.29, 0.717) is 0 Å². The van der Waals surface area contributed by atoms with Crippen molar-refractivity contribution in [2.75, 3.05) is 7.11 Å². The van der Waals surface area contributed by atoms with Crippen LogP contribution in [0.25, 0.3) is 11.3 Å². The molecule has 0 radical (unpaired) electrons. The first-order chi connectivity index (χ1) is 10.0. The van der Waals surface area contributed by atoms with Crippen LogP contribution in [0.2, 0.25) is 0 Å². The molecule has 21 heavy (non-hydrogen) atoms. The molecule has 0 saturated heterocycles. The molecule has 0 atom stereocenters. The van der Waals surface area contributed by atoms with Crippen LogP contribution in [0, 0.1) is 0 Å². The van der Waals surface area contributed by atoms with Gasteiger partial charge in [-0.2, -0.15) is 0 Å². The lowest BCUT2D eigenvalue weighted by Crippen LogP contribution is -2.13. The Morgan fingerprint density at radius 1 is 1.24 bits per heavy atom. The smallest absolute Gasteiger partial charge is 0.178 e. The molecule has 1 aliphatic heterocycles. The zero-order valence-corrected chi connectivity index (χ0v) is 15.3. The predicted molar refractivity (Wildman–Crippen MR) is 89.1 cm³/mol. The van der Waals surface area contributed by atoms with Crippen molar-refractivity contribution in [2.24, 2.45) is 0 Å². The Balaban J connectivity index is 2.18. The van der Waals surface area contributed by atoms with Crippen LogP contribution in [0.1, 0.15) is 19.4 Å². The molecule has 1 aliphatic rings. The van der Waals surface area contributed by atoms with E-state index in [9.17, 15) is 0 Å². The van der Waals surface area contributed by atoms with E-state index in [1.54, 1.807) is 7.11 Å². The number of rotatable bonds is 3. The fourth-order valence-corrected chi connectivity index (χ4v) is 3.99. The Hall–Kier alpha value is -1.01. The summed E-state index contributed by atoms with van der Waals surface area (Å²) in [5.74, 6) is 1.55. The normalized spacial score (nSPS) is 13.0. The van der Waals surface area contributed by atoms with Crippen molar-refractivity contribution in [1.29, 1.82) is 0 Å².